The number of hydrogen-bond acceptors (Lipinski definition) is 3. The lowest BCUT2D eigenvalue weighted by atomic mass is 9.87. The molecule has 3 nitrogen and oxygen atoms in total. The van der Waals surface area contributed by atoms with Crippen molar-refractivity contribution in [2.24, 2.45) is 0 Å². The van der Waals surface area contributed by atoms with Gasteiger partial charge in [0.1, 0.15) is 5.82 Å². The molecular formula is C11H18N2O. The molecule has 0 aliphatic carbocycles. The molecule has 0 aliphatic rings. The molecule has 14 heavy (non-hydrogen) atoms. The van der Waals surface area contributed by atoms with Gasteiger partial charge in [-0.1, -0.05) is 19.9 Å². The first-order valence-corrected chi connectivity index (χ1v) is 4.72. The third kappa shape index (κ3) is 2.23. The molecule has 0 aromatic carbocycles. The van der Waals surface area contributed by atoms with E-state index < -0.39 is 0 Å². The van der Waals surface area contributed by atoms with E-state index in [1.165, 1.54) is 0 Å². The molecule has 0 amide bonds. The second-order valence-electron chi connectivity index (χ2n) is 4.34. The van der Waals surface area contributed by atoms with E-state index in [0.717, 1.165) is 11.4 Å². The van der Waals surface area contributed by atoms with Crippen LogP contribution in [0.1, 0.15) is 19.4 Å². The molecule has 1 aromatic rings. The van der Waals surface area contributed by atoms with Crippen molar-refractivity contribution < 1.29 is 5.11 Å². The Balaban J connectivity index is 2.94. The van der Waals surface area contributed by atoms with Crippen LogP contribution in [0.4, 0.5) is 5.82 Å². The number of anilines is 1. The fourth-order valence-electron chi connectivity index (χ4n) is 1.14. The van der Waals surface area contributed by atoms with Gasteiger partial charge in [0.05, 0.1) is 6.61 Å². The molecule has 1 N–H and O–H groups in total. The second kappa shape index (κ2) is 3.96. The Hall–Kier alpha value is -1.09. The van der Waals surface area contributed by atoms with Gasteiger partial charge < -0.3 is 10.0 Å². The molecule has 0 spiro atoms. The fraction of sp³-hybridized carbons (Fsp3) is 0.545. The third-order valence-corrected chi connectivity index (χ3v) is 2.38. The Kier molecular flexibility index (Phi) is 3.11. The van der Waals surface area contributed by atoms with Gasteiger partial charge in [-0.2, -0.15) is 0 Å². The summed E-state index contributed by atoms with van der Waals surface area (Å²) in [5, 5.41) is 9.19. The predicted molar refractivity (Wildman–Crippen MR) is 58.7 cm³/mol. The largest absolute Gasteiger partial charge is 0.395 e. The van der Waals surface area contributed by atoms with Crippen molar-refractivity contribution in [3.8, 4) is 0 Å². The van der Waals surface area contributed by atoms with Gasteiger partial charge in [-0.25, -0.2) is 4.98 Å². The van der Waals surface area contributed by atoms with Crippen molar-refractivity contribution >= 4 is 5.82 Å². The lowest BCUT2D eigenvalue weighted by Crippen LogP contribution is -2.22. The molecule has 0 unspecified atom stereocenters. The second-order valence-corrected chi connectivity index (χ2v) is 4.34. The van der Waals surface area contributed by atoms with Crippen LogP contribution in [0.5, 0.6) is 0 Å². The van der Waals surface area contributed by atoms with Crippen molar-refractivity contribution in [1.82, 2.24) is 4.98 Å². The Morgan fingerprint density at radius 2 is 2.00 bits per heavy atom. The molecule has 0 aliphatic heterocycles. The molecule has 0 radical (unpaired) electrons. The minimum atomic E-state index is -0.210. The number of aromatic nitrogens is 1. The number of nitrogens with zero attached hydrogens (tertiary/aromatic N) is 2. The zero-order valence-electron chi connectivity index (χ0n) is 9.28. The number of pyridine rings is 1. The van der Waals surface area contributed by atoms with Crippen LogP contribution in [-0.2, 0) is 5.41 Å². The van der Waals surface area contributed by atoms with E-state index in [2.05, 4.69) is 4.98 Å². The molecule has 0 saturated heterocycles. The molecule has 0 atom stereocenters. The number of hydrogen-bond donors (Lipinski definition) is 1. The van der Waals surface area contributed by atoms with Crippen LogP contribution in [0, 0.1) is 0 Å². The SMILES string of the molecule is CN(C)c1ccc(C(C)(C)CO)cn1. The Morgan fingerprint density at radius 3 is 2.36 bits per heavy atom. The van der Waals surface area contributed by atoms with Crippen LogP contribution in [0.3, 0.4) is 0 Å². The highest BCUT2D eigenvalue weighted by Crippen LogP contribution is 2.22. The standard InChI is InChI=1S/C11H18N2O/c1-11(2,8-14)9-5-6-10(12-7-9)13(3)4/h5-7,14H,8H2,1-4H3. The zero-order chi connectivity index (χ0) is 10.8. The highest BCUT2D eigenvalue weighted by Gasteiger charge is 2.19. The van der Waals surface area contributed by atoms with Crippen LogP contribution in [0.15, 0.2) is 18.3 Å². The number of rotatable bonds is 3. The van der Waals surface area contributed by atoms with E-state index in [1.807, 2.05) is 51.2 Å². The molecule has 1 aromatic heterocycles. The highest BCUT2D eigenvalue weighted by atomic mass is 16.3. The molecule has 1 heterocycles. The first-order chi connectivity index (χ1) is 6.47. The smallest absolute Gasteiger partial charge is 0.127 e. The first kappa shape index (κ1) is 11.0. The molecule has 78 valence electrons. The van der Waals surface area contributed by atoms with E-state index in [1.54, 1.807) is 0 Å². The van der Waals surface area contributed by atoms with Crippen molar-refractivity contribution in [3.05, 3.63) is 23.9 Å². The minimum Gasteiger partial charge on any atom is -0.395 e. The normalized spacial score (nSPS) is 11.5. The van der Waals surface area contributed by atoms with Gasteiger partial charge in [-0.05, 0) is 11.6 Å². The van der Waals surface area contributed by atoms with Gasteiger partial charge in [0.25, 0.3) is 0 Å². The maximum absolute atomic E-state index is 9.19. The molecule has 0 bridgehead atoms. The summed E-state index contributed by atoms with van der Waals surface area (Å²) in [6.45, 7) is 4.13. The third-order valence-electron chi connectivity index (χ3n) is 2.38. The predicted octanol–water partition coefficient (Wildman–Crippen LogP) is 1.42. The molecule has 1 rings (SSSR count). The lowest BCUT2D eigenvalue weighted by molar-refractivity contribution is 0.218. The summed E-state index contributed by atoms with van der Waals surface area (Å²) in [6, 6.07) is 3.98. The summed E-state index contributed by atoms with van der Waals surface area (Å²) in [6.07, 6.45) is 1.82. The van der Waals surface area contributed by atoms with Gasteiger partial charge in [0.2, 0.25) is 0 Å². The molecule has 0 fully saturated rings. The van der Waals surface area contributed by atoms with Gasteiger partial charge in [0.15, 0.2) is 0 Å². The molecular weight excluding hydrogens is 176 g/mol. The molecule has 0 saturated carbocycles. The Morgan fingerprint density at radius 1 is 1.36 bits per heavy atom. The van der Waals surface area contributed by atoms with E-state index in [0.29, 0.717) is 0 Å². The zero-order valence-corrected chi connectivity index (χ0v) is 9.28. The van der Waals surface area contributed by atoms with Crippen molar-refractivity contribution in [1.29, 1.82) is 0 Å². The quantitative estimate of drug-likeness (QED) is 0.790. The van der Waals surface area contributed by atoms with Crippen LogP contribution < -0.4 is 4.90 Å². The van der Waals surface area contributed by atoms with E-state index in [-0.39, 0.29) is 12.0 Å². The summed E-state index contributed by atoms with van der Waals surface area (Å²) in [4.78, 5) is 6.26. The van der Waals surface area contributed by atoms with Crippen molar-refractivity contribution in [3.63, 3.8) is 0 Å². The summed E-state index contributed by atoms with van der Waals surface area (Å²) in [5.41, 5.74) is 0.850. The van der Waals surface area contributed by atoms with Crippen molar-refractivity contribution in [2.75, 3.05) is 25.6 Å². The average Bonchev–Trinajstić information content (AvgIpc) is 2.18. The van der Waals surface area contributed by atoms with Crippen molar-refractivity contribution in [2.45, 2.75) is 19.3 Å². The number of aliphatic hydroxyl groups is 1. The van der Waals surface area contributed by atoms with Gasteiger partial charge in [0, 0.05) is 25.7 Å². The fourth-order valence-corrected chi connectivity index (χ4v) is 1.14. The summed E-state index contributed by atoms with van der Waals surface area (Å²) < 4.78 is 0. The Bertz CT molecular complexity index is 291. The minimum absolute atomic E-state index is 0.135. The topological polar surface area (TPSA) is 36.4 Å². The maximum atomic E-state index is 9.19. The summed E-state index contributed by atoms with van der Waals surface area (Å²) >= 11 is 0. The average molecular weight is 194 g/mol. The highest BCUT2D eigenvalue weighted by molar-refractivity contribution is 5.38. The lowest BCUT2D eigenvalue weighted by Gasteiger charge is -2.22. The van der Waals surface area contributed by atoms with Gasteiger partial charge >= 0.3 is 0 Å². The maximum Gasteiger partial charge on any atom is 0.127 e. The van der Waals surface area contributed by atoms with Crippen LogP contribution in [0.2, 0.25) is 0 Å². The summed E-state index contributed by atoms with van der Waals surface area (Å²) in [7, 11) is 3.92. The summed E-state index contributed by atoms with van der Waals surface area (Å²) in [5.74, 6) is 0.933. The van der Waals surface area contributed by atoms with Crippen LogP contribution in [-0.4, -0.2) is 30.8 Å². The van der Waals surface area contributed by atoms with Gasteiger partial charge in [-0.15, -0.1) is 0 Å². The van der Waals surface area contributed by atoms with Crippen LogP contribution in [0.25, 0.3) is 0 Å². The van der Waals surface area contributed by atoms with E-state index >= 15 is 0 Å². The molecule has 3 heteroatoms. The van der Waals surface area contributed by atoms with E-state index in [9.17, 15) is 5.11 Å². The van der Waals surface area contributed by atoms with Gasteiger partial charge in [-0.3, -0.25) is 0 Å². The van der Waals surface area contributed by atoms with E-state index in [4.69, 9.17) is 0 Å². The number of aliphatic hydroxyl groups excluding tert-OH is 1. The monoisotopic (exact) mass is 194 g/mol. The van der Waals surface area contributed by atoms with Crippen LogP contribution >= 0.6 is 0 Å². The Labute approximate surface area is 85.4 Å². The first-order valence-electron chi connectivity index (χ1n) is 4.72.